The molecule has 0 bridgehead atoms. The molecule has 0 saturated carbocycles. The molecule has 0 spiro atoms. The van der Waals surface area contributed by atoms with Crippen LogP contribution in [0.1, 0.15) is 70.1 Å². The van der Waals surface area contributed by atoms with E-state index < -0.39 is 0 Å². The summed E-state index contributed by atoms with van der Waals surface area (Å²) in [4.78, 5) is 0. The summed E-state index contributed by atoms with van der Waals surface area (Å²) in [5, 5.41) is 5.99. The zero-order valence-electron chi connectivity index (χ0n) is 15.4. The van der Waals surface area contributed by atoms with E-state index in [0.717, 1.165) is 24.8 Å². The number of nitrogens with zero attached hydrogens (tertiary/aromatic N) is 2. The number of hydrogen-bond acceptors (Lipinski definition) is 2. The van der Waals surface area contributed by atoms with Crippen LogP contribution in [0.15, 0.2) is 24.3 Å². The predicted octanol–water partition coefficient (Wildman–Crippen LogP) is 6.71. The van der Waals surface area contributed by atoms with E-state index in [1.165, 1.54) is 18.5 Å². The first kappa shape index (κ1) is 20.1. The lowest BCUT2D eigenvalue weighted by atomic mass is 10.0. The van der Waals surface area contributed by atoms with E-state index >= 15 is 0 Å². The minimum Gasteiger partial charge on any atom is -0.477 e. The molecular weight excluding hydrogens is 355 g/mol. The molecule has 0 amide bonds. The molecule has 0 radical (unpaired) electrons. The topological polar surface area (TPSA) is 27.1 Å². The summed E-state index contributed by atoms with van der Waals surface area (Å²) >= 11 is 12.4. The molecule has 138 valence electrons. The van der Waals surface area contributed by atoms with Gasteiger partial charge in [-0.3, -0.25) is 4.68 Å². The number of aromatic nitrogens is 2. The first-order chi connectivity index (χ1) is 12.0. The highest BCUT2D eigenvalue weighted by Gasteiger charge is 2.16. The van der Waals surface area contributed by atoms with Crippen molar-refractivity contribution in [2.45, 2.75) is 65.3 Å². The second-order valence-corrected chi connectivity index (χ2v) is 7.39. The lowest BCUT2D eigenvalue weighted by molar-refractivity contribution is 0.294. The van der Waals surface area contributed by atoms with Gasteiger partial charge in [-0.2, -0.15) is 0 Å². The molecule has 2 aromatic rings. The van der Waals surface area contributed by atoms with Gasteiger partial charge in [-0.1, -0.05) is 69.3 Å². The van der Waals surface area contributed by atoms with Crippen LogP contribution in [0.2, 0.25) is 10.0 Å². The maximum atomic E-state index is 6.35. The van der Waals surface area contributed by atoms with Crippen molar-refractivity contribution in [3.63, 3.8) is 0 Å². The van der Waals surface area contributed by atoms with Gasteiger partial charge in [0.15, 0.2) is 0 Å². The molecule has 1 atom stereocenters. The van der Waals surface area contributed by atoms with Crippen molar-refractivity contribution >= 4 is 23.2 Å². The van der Waals surface area contributed by atoms with Gasteiger partial charge in [-0.25, -0.2) is 0 Å². The van der Waals surface area contributed by atoms with E-state index in [1.807, 2.05) is 16.8 Å². The Balaban J connectivity index is 2.22. The number of benzene rings is 1. The van der Waals surface area contributed by atoms with Gasteiger partial charge in [0.2, 0.25) is 5.88 Å². The van der Waals surface area contributed by atoms with Gasteiger partial charge in [0.25, 0.3) is 0 Å². The smallest absolute Gasteiger partial charge is 0.233 e. The summed E-state index contributed by atoms with van der Waals surface area (Å²) < 4.78 is 7.85. The maximum Gasteiger partial charge on any atom is 0.233 e. The Kier molecular flexibility index (Phi) is 8.11. The van der Waals surface area contributed by atoms with E-state index in [-0.39, 0.29) is 0 Å². The van der Waals surface area contributed by atoms with Crippen LogP contribution in [0.25, 0.3) is 0 Å². The molecule has 0 fully saturated rings. The zero-order chi connectivity index (χ0) is 18.2. The van der Waals surface area contributed by atoms with Crippen LogP contribution in [-0.4, -0.2) is 16.4 Å². The Morgan fingerprint density at radius 3 is 2.56 bits per heavy atom. The first-order valence-corrected chi connectivity index (χ1v) is 9.95. The molecule has 1 heterocycles. The van der Waals surface area contributed by atoms with Gasteiger partial charge in [-0.15, -0.1) is 5.10 Å². The second kappa shape index (κ2) is 10.1. The molecule has 0 aliphatic rings. The molecule has 0 N–H and O–H groups in total. The summed E-state index contributed by atoms with van der Waals surface area (Å²) in [6.07, 6.45) is 5.70. The van der Waals surface area contributed by atoms with Gasteiger partial charge < -0.3 is 4.74 Å². The highest BCUT2D eigenvalue weighted by atomic mass is 35.5. The number of hydrogen-bond donors (Lipinski definition) is 0. The molecule has 5 heteroatoms. The number of rotatable bonds is 10. The molecular formula is C20H28Cl2N2O. The van der Waals surface area contributed by atoms with E-state index in [0.29, 0.717) is 35.0 Å². The molecule has 1 aromatic carbocycles. The molecule has 1 unspecified atom stereocenters. The van der Waals surface area contributed by atoms with E-state index in [1.54, 1.807) is 6.07 Å². The highest BCUT2D eigenvalue weighted by Crippen LogP contribution is 2.28. The molecule has 1 aromatic heterocycles. The maximum absolute atomic E-state index is 6.35. The zero-order valence-corrected chi connectivity index (χ0v) is 16.9. The van der Waals surface area contributed by atoms with Crippen molar-refractivity contribution in [2.75, 3.05) is 6.61 Å². The summed E-state index contributed by atoms with van der Waals surface area (Å²) in [5.41, 5.74) is 2.21. The summed E-state index contributed by atoms with van der Waals surface area (Å²) in [5.74, 6) is 1.14. The van der Waals surface area contributed by atoms with Crippen molar-refractivity contribution in [1.82, 2.24) is 9.78 Å². The third-order valence-electron chi connectivity index (χ3n) is 4.37. The molecule has 3 nitrogen and oxygen atoms in total. The molecule has 2 rings (SSSR count). The SMILES string of the molecule is CCCCOc1cc(C(C)CCCC)n(Cc2ccc(Cl)cc2Cl)n1. The van der Waals surface area contributed by atoms with Gasteiger partial charge in [-0.05, 0) is 36.5 Å². The molecule has 0 saturated heterocycles. The van der Waals surface area contributed by atoms with Crippen LogP contribution < -0.4 is 4.74 Å². The highest BCUT2D eigenvalue weighted by molar-refractivity contribution is 6.35. The fraction of sp³-hybridized carbons (Fsp3) is 0.550. The standard InChI is InChI=1S/C20H28Cl2N2O/c1-4-6-8-15(3)19-13-20(25-11-7-5-2)23-24(19)14-16-9-10-17(21)12-18(16)22/h9-10,12-13,15H,4-8,11,14H2,1-3H3. The van der Waals surface area contributed by atoms with Crippen molar-refractivity contribution in [1.29, 1.82) is 0 Å². The number of halogens is 2. The van der Waals surface area contributed by atoms with Crippen LogP contribution in [0.4, 0.5) is 0 Å². The molecule has 25 heavy (non-hydrogen) atoms. The fourth-order valence-electron chi connectivity index (χ4n) is 2.79. The number of ether oxygens (including phenoxy) is 1. The van der Waals surface area contributed by atoms with Crippen molar-refractivity contribution in [3.8, 4) is 5.88 Å². The Hall–Kier alpha value is -1.19. The largest absolute Gasteiger partial charge is 0.477 e. The van der Waals surface area contributed by atoms with Crippen molar-refractivity contribution < 1.29 is 4.74 Å². The number of unbranched alkanes of at least 4 members (excludes halogenated alkanes) is 2. The van der Waals surface area contributed by atoms with Gasteiger partial charge in [0.1, 0.15) is 0 Å². The predicted molar refractivity (Wildman–Crippen MR) is 106 cm³/mol. The summed E-state index contributed by atoms with van der Waals surface area (Å²) in [6, 6.07) is 7.69. The summed E-state index contributed by atoms with van der Waals surface area (Å²) in [7, 11) is 0. The van der Waals surface area contributed by atoms with Gasteiger partial charge in [0, 0.05) is 21.8 Å². The Morgan fingerprint density at radius 2 is 1.88 bits per heavy atom. The molecule has 0 aliphatic carbocycles. The Bertz CT molecular complexity index is 670. The average molecular weight is 383 g/mol. The Morgan fingerprint density at radius 1 is 1.12 bits per heavy atom. The third-order valence-corrected chi connectivity index (χ3v) is 4.95. The third kappa shape index (κ3) is 5.93. The minimum atomic E-state index is 0.432. The fourth-order valence-corrected chi connectivity index (χ4v) is 3.26. The average Bonchev–Trinajstić information content (AvgIpc) is 2.98. The second-order valence-electron chi connectivity index (χ2n) is 6.55. The quantitative estimate of drug-likeness (QED) is 0.426. The van der Waals surface area contributed by atoms with E-state index in [2.05, 4.69) is 31.9 Å². The molecule has 0 aliphatic heterocycles. The van der Waals surface area contributed by atoms with Crippen LogP contribution in [0.5, 0.6) is 5.88 Å². The van der Waals surface area contributed by atoms with E-state index in [9.17, 15) is 0 Å². The summed E-state index contributed by atoms with van der Waals surface area (Å²) in [6.45, 7) is 7.96. The van der Waals surface area contributed by atoms with Crippen molar-refractivity contribution in [3.05, 3.63) is 45.6 Å². The van der Waals surface area contributed by atoms with E-state index in [4.69, 9.17) is 27.9 Å². The van der Waals surface area contributed by atoms with Gasteiger partial charge >= 0.3 is 0 Å². The van der Waals surface area contributed by atoms with Gasteiger partial charge in [0.05, 0.1) is 13.2 Å². The van der Waals surface area contributed by atoms with Crippen LogP contribution in [0.3, 0.4) is 0 Å². The minimum absolute atomic E-state index is 0.432. The first-order valence-electron chi connectivity index (χ1n) is 9.19. The lowest BCUT2D eigenvalue weighted by Crippen LogP contribution is -2.09. The van der Waals surface area contributed by atoms with Crippen LogP contribution in [-0.2, 0) is 6.54 Å². The van der Waals surface area contributed by atoms with Crippen molar-refractivity contribution in [2.24, 2.45) is 0 Å². The monoisotopic (exact) mass is 382 g/mol. The lowest BCUT2D eigenvalue weighted by Gasteiger charge is -2.14. The Labute approximate surface area is 161 Å². The van der Waals surface area contributed by atoms with Crippen LogP contribution in [0, 0.1) is 0 Å². The normalized spacial score (nSPS) is 12.4. The van der Waals surface area contributed by atoms with Crippen LogP contribution >= 0.6 is 23.2 Å².